The molecular weight excluding hydrogens is 484 g/mol. The van der Waals surface area contributed by atoms with Crippen molar-refractivity contribution in [2.75, 3.05) is 0 Å². The van der Waals surface area contributed by atoms with Crippen molar-refractivity contribution >= 4 is 23.8 Å². The second-order valence-corrected chi connectivity index (χ2v) is 9.84. The van der Waals surface area contributed by atoms with E-state index in [0.29, 0.717) is 61.2 Å². The summed E-state index contributed by atoms with van der Waals surface area (Å²) in [5.74, 6) is -0.540. The Balaban J connectivity index is 1.57. The SMILES string of the molecule is C[C@H]1CCCC(=O)CCCC=Cc2cc3c(c(O)c2C(=O)O1)[C@H](c1ccc(-c2ccccc2)o1)CC(=O)O3. The lowest BCUT2D eigenvalue weighted by Gasteiger charge is -2.26. The van der Waals surface area contributed by atoms with Crippen LogP contribution in [0.25, 0.3) is 17.4 Å². The van der Waals surface area contributed by atoms with Gasteiger partial charge < -0.3 is 19.0 Å². The van der Waals surface area contributed by atoms with E-state index in [4.69, 9.17) is 13.9 Å². The first kappa shape index (κ1) is 25.5. The van der Waals surface area contributed by atoms with E-state index in [1.165, 1.54) is 0 Å². The highest BCUT2D eigenvalue weighted by molar-refractivity contribution is 5.98. The molecule has 38 heavy (non-hydrogen) atoms. The molecule has 3 heterocycles. The first-order valence-corrected chi connectivity index (χ1v) is 13.1. The third kappa shape index (κ3) is 5.42. The summed E-state index contributed by atoms with van der Waals surface area (Å²) in [7, 11) is 0. The Hall–Kier alpha value is -4.13. The van der Waals surface area contributed by atoms with Gasteiger partial charge in [0.25, 0.3) is 0 Å². The zero-order valence-electron chi connectivity index (χ0n) is 21.3. The number of benzene rings is 2. The molecule has 2 aromatic carbocycles. The average Bonchev–Trinajstić information content (AvgIpc) is 3.38. The predicted octanol–water partition coefficient (Wildman–Crippen LogP) is 6.58. The molecule has 0 bridgehead atoms. The molecular formula is C31H30O7. The molecule has 7 nitrogen and oxygen atoms in total. The minimum absolute atomic E-state index is 0.0257. The topological polar surface area (TPSA) is 103 Å². The standard InChI is InChI=1S/C31H30O7/c1-19-9-8-14-22(32)13-7-3-6-12-21-17-26-29(30(34)28(21)31(35)36-19)23(18-27(33)38-26)25-16-15-24(37-25)20-10-4-2-5-11-20/h2,4-6,10-12,15-17,19,23,34H,3,7-9,13-14,18H2,1H3/t19-,23-/m0/s1. The summed E-state index contributed by atoms with van der Waals surface area (Å²) in [6.45, 7) is 1.78. The van der Waals surface area contributed by atoms with Crippen LogP contribution in [0.4, 0.5) is 0 Å². The molecule has 3 aromatic rings. The molecule has 5 rings (SSSR count). The van der Waals surface area contributed by atoms with Crippen molar-refractivity contribution in [3.8, 4) is 22.8 Å². The maximum atomic E-state index is 13.3. The minimum Gasteiger partial charge on any atom is -0.507 e. The lowest BCUT2D eigenvalue weighted by Crippen LogP contribution is -2.23. The van der Waals surface area contributed by atoms with Crippen LogP contribution in [0, 0.1) is 0 Å². The van der Waals surface area contributed by atoms with Gasteiger partial charge in [0.05, 0.1) is 18.4 Å². The molecule has 0 aliphatic carbocycles. The molecule has 0 radical (unpaired) electrons. The van der Waals surface area contributed by atoms with Gasteiger partial charge in [0.15, 0.2) is 0 Å². The summed E-state index contributed by atoms with van der Waals surface area (Å²) in [5, 5.41) is 11.5. The number of phenolic OH excluding ortho intramolecular Hbond substituents is 1. The number of esters is 2. The summed E-state index contributed by atoms with van der Waals surface area (Å²) < 4.78 is 17.3. The van der Waals surface area contributed by atoms with Gasteiger partial charge in [-0.25, -0.2) is 4.79 Å². The molecule has 0 spiro atoms. The van der Waals surface area contributed by atoms with Gasteiger partial charge in [0, 0.05) is 24.0 Å². The number of furan rings is 1. The van der Waals surface area contributed by atoms with Crippen LogP contribution >= 0.6 is 0 Å². The highest BCUT2D eigenvalue weighted by Crippen LogP contribution is 2.47. The fourth-order valence-electron chi connectivity index (χ4n) is 5.06. The van der Waals surface area contributed by atoms with E-state index < -0.39 is 24.0 Å². The molecule has 2 aliphatic heterocycles. The minimum atomic E-state index is -0.666. The number of carbonyl (C=O) groups is 3. The number of allylic oxidation sites excluding steroid dienone is 1. The van der Waals surface area contributed by atoms with Gasteiger partial charge in [-0.1, -0.05) is 42.5 Å². The van der Waals surface area contributed by atoms with Gasteiger partial charge in [-0.2, -0.15) is 0 Å². The molecule has 1 N–H and O–H groups in total. The van der Waals surface area contributed by atoms with Gasteiger partial charge in [0.1, 0.15) is 34.4 Å². The van der Waals surface area contributed by atoms with Crippen molar-refractivity contribution in [2.24, 2.45) is 0 Å². The Kier molecular flexibility index (Phi) is 7.45. The van der Waals surface area contributed by atoms with Crippen LogP contribution in [0.5, 0.6) is 11.5 Å². The second kappa shape index (κ2) is 11.1. The Morgan fingerprint density at radius 1 is 0.974 bits per heavy atom. The number of aromatic hydroxyl groups is 1. The summed E-state index contributed by atoms with van der Waals surface area (Å²) in [5.41, 5.74) is 1.62. The zero-order chi connectivity index (χ0) is 26.6. The molecule has 2 aliphatic rings. The zero-order valence-corrected chi connectivity index (χ0v) is 21.3. The van der Waals surface area contributed by atoms with E-state index in [9.17, 15) is 19.5 Å². The van der Waals surface area contributed by atoms with E-state index in [2.05, 4.69) is 0 Å². The highest BCUT2D eigenvalue weighted by atomic mass is 16.5. The van der Waals surface area contributed by atoms with Gasteiger partial charge in [-0.15, -0.1) is 0 Å². The van der Waals surface area contributed by atoms with Crippen LogP contribution in [0.15, 0.2) is 59.0 Å². The van der Waals surface area contributed by atoms with Crippen molar-refractivity contribution in [1.82, 2.24) is 0 Å². The molecule has 1 aromatic heterocycles. The second-order valence-electron chi connectivity index (χ2n) is 9.84. The lowest BCUT2D eigenvalue weighted by molar-refractivity contribution is -0.135. The first-order valence-electron chi connectivity index (χ1n) is 13.1. The molecule has 0 saturated heterocycles. The number of Topliss-reactive ketones (excluding diaryl/α,β-unsaturated/α-hetero) is 1. The number of carbonyl (C=O) groups excluding carboxylic acids is 3. The van der Waals surface area contributed by atoms with Crippen molar-refractivity contribution in [1.29, 1.82) is 0 Å². The van der Waals surface area contributed by atoms with E-state index in [1.54, 1.807) is 25.1 Å². The van der Waals surface area contributed by atoms with Crippen molar-refractivity contribution in [3.05, 3.63) is 77.1 Å². The van der Waals surface area contributed by atoms with E-state index in [-0.39, 0.29) is 29.3 Å². The average molecular weight is 515 g/mol. The number of ether oxygens (including phenoxy) is 2. The third-order valence-corrected chi connectivity index (χ3v) is 7.01. The summed E-state index contributed by atoms with van der Waals surface area (Å²) in [6.07, 6.45) is 6.53. The molecule has 7 heteroatoms. The number of phenols is 1. The van der Waals surface area contributed by atoms with E-state index in [1.807, 2.05) is 42.5 Å². The largest absolute Gasteiger partial charge is 0.507 e. The van der Waals surface area contributed by atoms with Crippen molar-refractivity contribution in [3.63, 3.8) is 0 Å². The fourth-order valence-corrected chi connectivity index (χ4v) is 5.06. The number of rotatable bonds is 2. The van der Waals surface area contributed by atoms with Gasteiger partial charge >= 0.3 is 11.9 Å². The van der Waals surface area contributed by atoms with Crippen LogP contribution in [0.2, 0.25) is 0 Å². The van der Waals surface area contributed by atoms with Crippen LogP contribution < -0.4 is 4.74 Å². The van der Waals surface area contributed by atoms with Crippen LogP contribution in [0.1, 0.15) is 85.0 Å². The van der Waals surface area contributed by atoms with Crippen LogP contribution in [0.3, 0.4) is 0 Å². The first-order chi connectivity index (χ1) is 18.4. The smallest absolute Gasteiger partial charge is 0.342 e. The maximum absolute atomic E-state index is 13.3. The van der Waals surface area contributed by atoms with Crippen LogP contribution in [-0.4, -0.2) is 28.9 Å². The quantitative estimate of drug-likeness (QED) is 0.304. The summed E-state index contributed by atoms with van der Waals surface area (Å²) >= 11 is 0. The number of cyclic esters (lactones) is 1. The van der Waals surface area contributed by atoms with Crippen molar-refractivity contribution in [2.45, 2.75) is 63.9 Å². The summed E-state index contributed by atoms with van der Waals surface area (Å²) in [6, 6.07) is 14.8. The molecule has 0 unspecified atom stereocenters. The van der Waals surface area contributed by atoms with Crippen LogP contribution in [-0.2, 0) is 14.3 Å². The molecule has 2 atom stereocenters. The normalized spacial score (nSPS) is 20.6. The van der Waals surface area contributed by atoms with E-state index in [0.717, 1.165) is 5.56 Å². The Morgan fingerprint density at radius 3 is 2.58 bits per heavy atom. The lowest BCUT2D eigenvalue weighted by atomic mass is 9.86. The van der Waals surface area contributed by atoms with Gasteiger partial charge in [-0.3, -0.25) is 9.59 Å². The molecule has 196 valence electrons. The molecule has 0 fully saturated rings. The maximum Gasteiger partial charge on any atom is 0.342 e. The molecule has 0 amide bonds. The van der Waals surface area contributed by atoms with Crippen molar-refractivity contribution < 1.29 is 33.4 Å². The summed E-state index contributed by atoms with van der Waals surface area (Å²) in [4.78, 5) is 38.0. The number of hydrogen-bond acceptors (Lipinski definition) is 7. The third-order valence-electron chi connectivity index (χ3n) is 7.01. The Morgan fingerprint density at radius 2 is 1.76 bits per heavy atom. The Labute approximate surface area is 221 Å². The monoisotopic (exact) mass is 514 g/mol. The van der Waals surface area contributed by atoms with E-state index >= 15 is 0 Å². The number of hydrogen-bond donors (Lipinski definition) is 1. The predicted molar refractivity (Wildman–Crippen MR) is 141 cm³/mol. The fraction of sp³-hybridized carbons (Fsp3) is 0.323. The highest BCUT2D eigenvalue weighted by Gasteiger charge is 2.37. The molecule has 0 saturated carbocycles. The number of ketones is 1. The van der Waals surface area contributed by atoms with Gasteiger partial charge in [0.2, 0.25) is 0 Å². The number of fused-ring (bicyclic) bond motifs is 2. The Bertz CT molecular complexity index is 1380. The van der Waals surface area contributed by atoms with Gasteiger partial charge in [-0.05, 0) is 56.4 Å².